The Hall–Kier alpha value is -0.570. The molecule has 1 unspecified atom stereocenters. The van der Waals surface area contributed by atoms with Crippen LogP contribution in [0.2, 0.25) is 0 Å². The van der Waals surface area contributed by atoms with E-state index in [0.29, 0.717) is 11.8 Å². The highest BCUT2D eigenvalue weighted by Gasteiger charge is 2.55. The molecule has 0 spiro atoms. The van der Waals surface area contributed by atoms with E-state index < -0.39 is 0 Å². The van der Waals surface area contributed by atoms with Gasteiger partial charge in [-0.3, -0.25) is 4.79 Å². The number of carbonyl (C=O) groups is 1. The monoisotopic (exact) mass is 292 g/mol. The van der Waals surface area contributed by atoms with Crippen LogP contribution in [0.5, 0.6) is 0 Å². The molecule has 1 amide bonds. The van der Waals surface area contributed by atoms with E-state index in [1.54, 1.807) is 0 Å². The lowest BCUT2D eigenvalue weighted by Gasteiger charge is -2.56. The Labute approximate surface area is 129 Å². The molecule has 0 aliphatic heterocycles. The highest BCUT2D eigenvalue weighted by molar-refractivity contribution is 5.83. The van der Waals surface area contributed by atoms with Gasteiger partial charge in [0, 0.05) is 19.6 Å². The van der Waals surface area contributed by atoms with Gasteiger partial charge in [0.05, 0.1) is 5.41 Å². The summed E-state index contributed by atoms with van der Waals surface area (Å²) in [5.74, 6) is 3.44. The molecule has 4 bridgehead atoms. The van der Waals surface area contributed by atoms with E-state index in [1.807, 2.05) is 11.9 Å². The van der Waals surface area contributed by atoms with E-state index in [1.165, 1.54) is 38.5 Å². The van der Waals surface area contributed by atoms with E-state index in [9.17, 15) is 4.79 Å². The Kier molecular flexibility index (Phi) is 4.06. The largest absolute Gasteiger partial charge is 0.345 e. The molecule has 2 N–H and O–H groups in total. The Morgan fingerprint density at radius 3 is 2.05 bits per heavy atom. The molecule has 1 atom stereocenters. The molecular weight excluding hydrogens is 260 g/mol. The maximum Gasteiger partial charge on any atom is 0.228 e. The summed E-state index contributed by atoms with van der Waals surface area (Å²) < 4.78 is 0. The molecule has 4 aliphatic rings. The third-order valence-corrected chi connectivity index (χ3v) is 6.49. The lowest BCUT2D eigenvalue weighted by Crippen LogP contribution is -2.54. The van der Waals surface area contributed by atoms with E-state index >= 15 is 0 Å². The maximum absolute atomic E-state index is 13.1. The number of nitrogens with two attached hydrogens (primary N) is 1. The van der Waals surface area contributed by atoms with Crippen molar-refractivity contribution in [2.75, 3.05) is 13.6 Å². The minimum absolute atomic E-state index is 0.00538. The van der Waals surface area contributed by atoms with Gasteiger partial charge in [-0.15, -0.1) is 0 Å². The quantitative estimate of drug-likeness (QED) is 0.846. The first kappa shape index (κ1) is 15.3. The van der Waals surface area contributed by atoms with Crippen molar-refractivity contribution in [1.29, 1.82) is 0 Å². The predicted octanol–water partition coefficient (Wildman–Crippen LogP) is 3.03. The molecule has 0 radical (unpaired) electrons. The van der Waals surface area contributed by atoms with Gasteiger partial charge >= 0.3 is 0 Å². The lowest BCUT2D eigenvalue weighted by molar-refractivity contribution is -0.156. The van der Waals surface area contributed by atoms with Crippen molar-refractivity contribution >= 4 is 5.91 Å². The van der Waals surface area contributed by atoms with Gasteiger partial charge in [-0.25, -0.2) is 0 Å². The average Bonchev–Trinajstić information content (AvgIpc) is 2.41. The van der Waals surface area contributed by atoms with Crippen molar-refractivity contribution in [2.45, 2.75) is 64.8 Å². The van der Waals surface area contributed by atoms with Crippen LogP contribution in [0.1, 0.15) is 58.8 Å². The van der Waals surface area contributed by atoms with Crippen LogP contribution in [-0.2, 0) is 4.79 Å². The van der Waals surface area contributed by atoms with Gasteiger partial charge in [-0.05, 0) is 68.6 Å². The molecule has 4 fully saturated rings. The number of amides is 1. The first-order valence-corrected chi connectivity index (χ1v) is 8.91. The fourth-order valence-electron chi connectivity index (χ4n) is 5.56. The summed E-state index contributed by atoms with van der Waals surface area (Å²) in [6.45, 7) is 5.14. The molecule has 0 aromatic heterocycles. The van der Waals surface area contributed by atoms with Gasteiger partial charge in [0.1, 0.15) is 0 Å². The van der Waals surface area contributed by atoms with Crippen LogP contribution in [0.15, 0.2) is 0 Å². The molecule has 0 aromatic carbocycles. The highest BCUT2D eigenvalue weighted by atomic mass is 16.2. The fraction of sp³-hybridized carbons (Fsp3) is 0.944. The van der Waals surface area contributed by atoms with E-state index in [-0.39, 0.29) is 11.5 Å². The van der Waals surface area contributed by atoms with Crippen LogP contribution in [0.3, 0.4) is 0 Å². The minimum Gasteiger partial charge on any atom is -0.345 e. The summed E-state index contributed by atoms with van der Waals surface area (Å²) in [4.78, 5) is 15.1. The first-order valence-electron chi connectivity index (χ1n) is 8.91. The predicted molar refractivity (Wildman–Crippen MR) is 85.7 cm³/mol. The Morgan fingerprint density at radius 1 is 1.14 bits per heavy atom. The molecule has 3 nitrogen and oxygen atoms in total. The van der Waals surface area contributed by atoms with Gasteiger partial charge in [-0.2, -0.15) is 0 Å². The topological polar surface area (TPSA) is 46.3 Å². The Morgan fingerprint density at radius 2 is 1.62 bits per heavy atom. The fourth-order valence-corrected chi connectivity index (χ4v) is 5.56. The molecular formula is C18H32N2O. The standard InChI is InChI=1S/C18H32N2O/c1-12(2)16(19)4-5-20(3)17(21)18-9-13-6-14(10-18)8-15(7-13)11-18/h12-16H,4-11,19H2,1-3H3. The van der Waals surface area contributed by atoms with Crippen LogP contribution >= 0.6 is 0 Å². The van der Waals surface area contributed by atoms with Gasteiger partial charge in [0.25, 0.3) is 0 Å². The number of rotatable bonds is 5. The number of hydrogen-bond donors (Lipinski definition) is 1. The molecule has 120 valence electrons. The number of carbonyl (C=O) groups excluding carboxylic acids is 1. The van der Waals surface area contributed by atoms with Crippen molar-refractivity contribution in [2.24, 2.45) is 34.8 Å². The molecule has 4 rings (SSSR count). The number of hydrogen-bond acceptors (Lipinski definition) is 2. The van der Waals surface area contributed by atoms with Crippen LogP contribution in [0.4, 0.5) is 0 Å². The number of nitrogens with zero attached hydrogens (tertiary/aromatic N) is 1. The summed E-state index contributed by atoms with van der Waals surface area (Å²) in [6, 6.07) is 0.205. The van der Waals surface area contributed by atoms with Gasteiger partial charge in [0.2, 0.25) is 5.91 Å². The third-order valence-electron chi connectivity index (χ3n) is 6.49. The van der Waals surface area contributed by atoms with Crippen LogP contribution in [-0.4, -0.2) is 30.4 Å². The van der Waals surface area contributed by atoms with Crippen LogP contribution in [0, 0.1) is 29.1 Å². The zero-order valence-corrected chi connectivity index (χ0v) is 14.0. The smallest absolute Gasteiger partial charge is 0.228 e. The molecule has 21 heavy (non-hydrogen) atoms. The molecule has 3 heteroatoms. The van der Waals surface area contributed by atoms with Crippen LogP contribution in [0.25, 0.3) is 0 Å². The van der Waals surface area contributed by atoms with Gasteiger partial charge in [0.15, 0.2) is 0 Å². The van der Waals surface area contributed by atoms with E-state index in [2.05, 4.69) is 13.8 Å². The highest BCUT2D eigenvalue weighted by Crippen LogP contribution is 2.60. The zero-order valence-electron chi connectivity index (χ0n) is 14.0. The normalized spacial score (nSPS) is 38.8. The SMILES string of the molecule is CC(C)C(N)CCN(C)C(=O)C12CC3CC(CC(C3)C1)C2. The molecule has 0 aromatic rings. The summed E-state index contributed by atoms with van der Waals surface area (Å²) >= 11 is 0. The lowest BCUT2D eigenvalue weighted by atomic mass is 9.49. The maximum atomic E-state index is 13.1. The van der Waals surface area contributed by atoms with Gasteiger partial charge in [-0.1, -0.05) is 13.8 Å². The molecule has 4 aliphatic carbocycles. The second-order valence-electron chi connectivity index (χ2n) is 8.62. The first-order chi connectivity index (χ1) is 9.89. The van der Waals surface area contributed by atoms with Crippen molar-refractivity contribution in [3.63, 3.8) is 0 Å². The molecule has 0 heterocycles. The van der Waals surface area contributed by atoms with Crippen molar-refractivity contribution in [1.82, 2.24) is 4.90 Å². The van der Waals surface area contributed by atoms with Crippen molar-refractivity contribution < 1.29 is 4.79 Å². The van der Waals surface area contributed by atoms with Crippen LogP contribution < -0.4 is 5.73 Å². The minimum atomic E-state index is 0.00538. The summed E-state index contributed by atoms with van der Waals surface area (Å²) in [5.41, 5.74) is 6.14. The zero-order chi connectivity index (χ0) is 15.2. The molecule has 0 saturated heterocycles. The second-order valence-corrected chi connectivity index (χ2v) is 8.62. The average molecular weight is 292 g/mol. The molecule has 4 saturated carbocycles. The van der Waals surface area contributed by atoms with Crippen molar-refractivity contribution in [3.8, 4) is 0 Å². The summed E-state index contributed by atoms with van der Waals surface area (Å²) in [7, 11) is 1.99. The summed E-state index contributed by atoms with van der Waals surface area (Å²) in [6.07, 6.45) is 8.61. The Balaban J connectivity index is 1.62. The third kappa shape index (κ3) is 2.86. The van der Waals surface area contributed by atoms with Crippen molar-refractivity contribution in [3.05, 3.63) is 0 Å². The second kappa shape index (κ2) is 5.57. The van der Waals surface area contributed by atoms with Gasteiger partial charge < -0.3 is 10.6 Å². The Bertz CT molecular complexity index is 369. The summed E-state index contributed by atoms with van der Waals surface area (Å²) in [5, 5.41) is 0. The van der Waals surface area contributed by atoms with E-state index in [4.69, 9.17) is 5.73 Å². The van der Waals surface area contributed by atoms with E-state index in [0.717, 1.165) is 30.7 Å².